The Morgan fingerprint density at radius 1 is 1.15 bits per heavy atom. The van der Waals surface area contributed by atoms with Crippen LogP contribution in [-0.2, 0) is 9.59 Å². The summed E-state index contributed by atoms with van der Waals surface area (Å²) < 4.78 is 10.6. The first-order chi connectivity index (χ1) is 13.0. The minimum Gasteiger partial charge on any atom is -0.497 e. The van der Waals surface area contributed by atoms with Gasteiger partial charge in [0.25, 0.3) is 0 Å². The van der Waals surface area contributed by atoms with E-state index in [2.05, 4.69) is 5.32 Å². The van der Waals surface area contributed by atoms with E-state index in [1.165, 1.54) is 0 Å². The molecule has 0 saturated carbocycles. The smallest absolute Gasteiger partial charge is 0.229 e. The summed E-state index contributed by atoms with van der Waals surface area (Å²) in [5, 5.41) is 2.90. The van der Waals surface area contributed by atoms with Gasteiger partial charge in [-0.3, -0.25) is 9.59 Å². The lowest BCUT2D eigenvalue weighted by Gasteiger charge is -2.20. The molecule has 0 aliphatic carbocycles. The topological polar surface area (TPSA) is 67.9 Å². The Morgan fingerprint density at radius 3 is 2.52 bits per heavy atom. The van der Waals surface area contributed by atoms with Crippen LogP contribution in [0, 0.1) is 5.92 Å². The Labute approximate surface area is 162 Å². The van der Waals surface area contributed by atoms with Crippen molar-refractivity contribution in [3.8, 4) is 11.5 Å². The highest BCUT2D eigenvalue weighted by atomic mass is 32.2. The number of ether oxygens (including phenoxy) is 2. The van der Waals surface area contributed by atoms with E-state index in [1.54, 1.807) is 49.1 Å². The van der Waals surface area contributed by atoms with Crippen molar-refractivity contribution in [2.24, 2.45) is 5.92 Å². The predicted molar refractivity (Wildman–Crippen MR) is 107 cm³/mol. The Morgan fingerprint density at radius 2 is 1.89 bits per heavy atom. The van der Waals surface area contributed by atoms with Crippen molar-refractivity contribution in [3.05, 3.63) is 42.5 Å². The first-order valence-electron chi connectivity index (χ1n) is 8.53. The number of methoxy groups -OCH3 is 2. The van der Waals surface area contributed by atoms with Crippen molar-refractivity contribution >= 4 is 35.0 Å². The number of nitrogens with zero attached hydrogens (tertiary/aromatic N) is 1. The molecule has 1 aliphatic rings. The van der Waals surface area contributed by atoms with Gasteiger partial charge >= 0.3 is 0 Å². The van der Waals surface area contributed by atoms with Crippen LogP contribution in [0.25, 0.3) is 0 Å². The maximum absolute atomic E-state index is 12.6. The van der Waals surface area contributed by atoms with E-state index in [-0.39, 0.29) is 18.2 Å². The zero-order valence-corrected chi connectivity index (χ0v) is 16.3. The van der Waals surface area contributed by atoms with Crippen molar-refractivity contribution < 1.29 is 19.1 Å². The highest BCUT2D eigenvalue weighted by molar-refractivity contribution is 7.98. The van der Waals surface area contributed by atoms with Crippen LogP contribution in [0.1, 0.15) is 6.42 Å². The fourth-order valence-corrected chi connectivity index (χ4v) is 3.45. The molecule has 6 nitrogen and oxygen atoms in total. The van der Waals surface area contributed by atoms with Gasteiger partial charge in [0.05, 0.1) is 25.8 Å². The minimum atomic E-state index is -0.423. The van der Waals surface area contributed by atoms with Gasteiger partial charge in [0, 0.05) is 29.6 Å². The number of anilines is 2. The SMILES string of the molecule is COc1ccc(OC)c(N2CC(C(=O)Nc3ccc(SC)cc3)CC2=O)c1. The van der Waals surface area contributed by atoms with Crippen LogP contribution in [0.4, 0.5) is 11.4 Å². The number of rotatable bonds is 6. The quantitative estimate of drug-likeness (QED) is 0.771. The molecule has 7 heteroatoms. The molecule has 27 heavy (non-hydrogen) atoms. The zero-order chi connectivity index (χ0) is 19.4. The van der Waals surface area contributed by atoms with E-state index in [0.717, 1.165) is 10.6 Å². The molecule has 1 unspecified atom stereocenters. The lowest BCUT2D eigenvalue weighted by Crippen LogP contribution is -2.28. The van der Waals surface area contributed by atoms with Gasteiger partial charge in [-0.15, -0.1) is 11.8 Å². The Hall–Kier alpha value is -2.67. The summed E-state index contributed by atoms with van der Waals surface area (Å²) in [6, 6.07) is 12.9. The lowest BCUT2D eigenvalue weighted by molar-refractivity contribution is -0.122. The van der Waals surface area contributed by atoms with Gasteiger partial charge in [-0.1, -0.05) is 0 Å². The number of carbonyl (C=O) groups excluding carboxylic acids is 2. The van der Waals surface area contributed by atoms with Gasteiger partial charge < -0.3 is 19.7 Å². The summed E-state index contributed by atoms with van der Waals surface area (Å²) in [4.78, 5) is 27.9. The molecule has 0 radical (unpaired) electrons. The van der Waals surface area contributed by atoms with Gasteiger partial charge in [-0.05, 0) is 42.7 Å². The van der Waals surface area contributed by atoms with E-state index < -0.39 is 5.92 Å². The van der Waals surface area contributed by atoms with Crippen molar-refractivity contribution in [1.82, 2.24) is 0 Å². The summed E-state index contributed by atoms with van der Waals surface area (Å²) in [6.45, 7) is 0.303. The molecule has 0 aromatic heterocycles. The predicted octanol–water partition coefficient (Wildman–Crippen LogP) is 3.42. The second-order valence-corrected chi connectivity index (χ2v) is 7.04. The molecular weight excluding hydrogens is 364 g/mol. The van der Waals surface area contributed by atoms with Crippen LogP contribution >= 0.6 is 11.8 Å². The summed E-state index contributed by atoms with van der Waals surface area (Å²) >= 11 is 1.64. The highest BCUT2D eigenvalue weighted by Crippen LogP contribution is 2.36. The molecule has 0 spiro atoms. The zero-order valence-electron chi connectivity index (χ0n) is 15.5. The molecule has 142 valence electrons. The molecule has 1 atom stereocenters. The first kappa shape index (κ1) is 19.1. The summed E-state index contributed by atoms with van der Waals surface area (Å²) in [5.74, 6) is 0.496. The fraction of sp³-hybridized carbons (Fsp3) is 0.300. The Balaban J connectivity index is 1.74. The van der Waals surface area contributed by atoms with Crippen LogP contribution in [-0.4, -0.2) is 38.8 Å². The molecule has 1 aliphatic heterocycles. The number of hydrogen-bond donors (Lipinski definition) is 1. The van der Waals surface area contributed by atoms with Crippen LogP contribution < -0.4 is 19.7 Å². The third-order valence-corrected chi connectivity index (χ3v) is 5.27. The largest absolute Gasteiger partial charge is 0.497 e. The van der Waals surface area contributed by atoms with Crippen LogP contribution in [0.3, 0.4) is 0 Å². The minimum absolute atomic E-state index is 0.112. The average Bonchev–Trinajstić information content (AvgIpc) is 3.09. The molecule has 1 saturated heterocycles. The van der Waals surface area contributed by atoms with Crippen molar-refractivity contribution in [3.63, 3.8) is 0 Å². The normalized spacial score (nSPS) is 16.3. The average molecular weight is 386 g/mol. The van der Waals surface area contributed by atoms with E-state index in [9.17, 15) is 9.59 Å². The lowest BCUT2D eigenvalue weighted by atomic mass is 10.1. The number of amides is 2. The molecule has 1 heterocycles. The van der Waals surface area contributed by atoms with Crippen molar-refractivity contribution in [1.29, 1.82) is 0 Å². The second kappa shape index (κ2) is 8.35. The number of carbonyl (C=O) groups is 2. The van der Waals surface area contributed by atoms with Crippen LogP contribution in [0.2, 0.25) is 0 Å². The molecule has 2 amide bonds. The standard InChI is InChI=1S/C20H22N2O4S/c1-25-15-6-9-18(26-2)17(11-15)22-12-13(10-19(22)23)20(24)21-14-4-7-16(27-3)8-5-14/h4-9,11,13H,10,12H2,1-3H3,(H,21,24). The monoisotopic (exact) mass is 386 g/mol. The van der Waals surface area contributed by atoms with Crippen molar-refractivity contribution in [2.75, 3.05) is 37.2 Å². The van der Waals surface area contributed by atoms with Crippen LogP contribution in [0.15, 0.2) is 47.4 Å². The maximum Gasteiger partial charge on any atom is 0.229 e. The number of hydrogen-bond acceptors (Lipinski definition) is 5. The van der Waals surface area contributed by atoms with E-state index in [4.69, 9.17) is 9.47 Å². The molecule has 1 N–H and O–H groups in total. The maximum atomic E-state index is 12.6. The van der Waals surface area contributed by atoms with Crippen molar-refractivity contribution in [2.45, 2.75) is 11.3 Å². The first-order valence-corrected chi connectivity index (χ1v) is 9.75. The third kappa shape index (κ3) is 4.19. The third-order valence-electron chi connectivity index (χ3n) is 4.53. The summed E-state index contributed by atoms with van der Waals surface area (Å²) in [7, 11) is 3.12. The number of nitrogens with one attached hydrogen (secondary N) is 1. The van der Waals surface area contributed by atoms with Gasteiger partial charge in [-0.2, -0.15) is 0 Å². The highest BCUT2D eigenvalue weighted by Gasteiger charge is 2.36. The molecule has 2 aromatic rings. The van der Waals surface area contributed by atoms with Gasteiger partial charge in [-0.25, -0.2) is 0 Å². The molecule has 2 aromatic carbocycles. The Bertz CT molecular complexity index is 838. The second-order valence-electron chi connectivity index (χ2n) is 6.16. The number of benzene rings is 2. The molecule has 0 bridgehead atoms. The molecule has 1 fully saturated rings. The molecule has 3 rings (SSSR count). The molecular formula is C20H22N2O4S. The van der Waals surface area contributed by atoms with E-state index in [0.29, 0.717) is 23.7 Å². The van der Waals surface area contributed by atoms with Gasteiger partial charge in [0.1, 0.15) is 11.5 Å². The van der Waals surface area contributed by atoms with E-state index in [1.807, 2.05) is 30.5 Å². The van der Waals surface area contributed by atoms with Gasteiger partial charge in [0.2, 0.25) is 11.8 Å². The van der Waals surface area contributed by atoms with Gasteiger partial charge in [0.15, 0.2) is 0 Å². The van der Waals surface area contributed by atoms with Crippen LogP contribution in [0.5, 0.6) is 11.5 Å². The summed E-state index contributed by atoms with van der Waals surface area (Å²) in [5.41, 5.74) is 1.34. The number of thioether (sulfide) groups is 1. The van der Waals surface area contributed by atoms with E-state index >= 15 is 0 Å². The summed E-state index contributed by atoms with van der Waals surface area (Å²) in [6.07, 6.45) is 2.16. The Kier molecular flexibility index (Phi) is 5.91. The fourth-order valence-electron chi connectivity index (χ4n) is 3.04.